The number of aliphatic imine (C=N–C) groups is 1. The van der Waals surface area contributed by atoms with Crippen molar-refractivity contribution in [2.45, 2.75) is 6.54 Å². The summed E-state index contributed by atoms with van der Waals surface area (Å²) < 4.78 is 5.29. The van der Waals surface area contributed by atoms with Crippen molar-refractivity contribution in [1.82, 2.24) is 0 Å². The molecule has 1 heterocycles. The molecule has 0 bridgehead atoms. The zero-order valence-electron chi connectivity index (χ0n) is 13.8. The highest BCUT2D eigenvalue weighted by Crippen LogP contribution is 2.22. The minimum atomic E-state index is 0.368. The quantitative estimate of drug-likeness (QED) is 0.505. The Kier molecular flexibility index (Phi) is 5.01. The van der Waals surface area contributed by atoms with Gasteiger partial charge in [-0.15, -0.1) is 0 Å². The predicted octanol–water partition coefficient (Wildman–Crippen LogP) is 3.00. The summed E-state index contributed by atoms with van der Waals surface area (Å²) in [4.78, 5) is 6.70. The average molecular weight is 322 g/mol. The number of guanidine groups is 1. The van der Waals surface area contributed by atoms with Gasteiger partial charge in [0.25, 0.3) is 0 Å². The van der Waals surface area contributed by atoms with Gasteiger partial charge in [0.05, 0.1) is 19.3 Å². The number of anilines is 2. The van der Waals surface area contributed by atoms with Gasteiger partial charge in [0.2, 0.25) is 0 Å². The topological polar surface area (TPSA) is 62.9 Å². The van der Waals surface area contributed by atoms with Crippen LogP contribution in [0.25, 0.3) is 0 Å². The van der Waals surface area contributed by atoms with E-state index in [1.165, 1.54) is 5.69 Å². The molecule has 124 valence electrons. The van der Waals surface area contributed by atoms with Crippen molar-refractivity contribution in [3.63, 3.8) is 0 Å². The number of methoxy groups -OCH3 is 1. The molecule has 0 spiro atoms. The second kappa shape index (κ2) is 7.55. The molecule has 0 amide bonds. The fourth-order valence-corrected chi connectivity index (χ4v) is 2.60. The summed E-state index contributed by atoms with van der Waals surface area (Å²) in [6, 6.07) is 16.0. The number of hydrogen-bond acceptors (Lipinski definition) is 3. The number of ether oxygens (including phenoxy) is 1. The van der Waals surface area contributed by atoms with Gasteiger partial charge in [0.1, 0.15) is 5.75 Å². The molecule has 3 N–H and O–H groups in total. The number of para-hydroxylation sites is 2. The van der Waals surface area contributed by atoms with Gasteiger partial charge in [-0.05, 0) is 29.8 Å². The Hall–Kier alpha value is -2.95. The Morgan fingerprint density at radius 1 is 1.12 bits per heavy atom. The molecule has 2 aromatic rings. The molecule has 0 saturated carbocycles. The zero-order valence-corrected chi connectivity index (χ0v) is 13.8. The maximum Gasteiger partial charge on any atom is 0.193 e. The Labute approximate surface area is 142 Å². The lowest BCUT2D eigenvalue weighted by Gasteiger charge is -2.17. The molecule has 0 radical (unpaired) electrons. The second-order valence-electron chi connectivity index (χ2n) is 5.57. The molecule has 0 saturated heterocycles. The van der Waals surface area contributed by atoms with Gasteiger partial charge < -0.3 is 20.7 Å². The lowest BCUT2D eigenvalue weighted by molar-refractivity contribution is 0.417. The van der Waals surface area contributed by atoms with E-state index in [9.17, 15) is 0 Å². The van der Waals surface area contributed by atoms with Gasteiger partial charge in [-0.1, -0.05) is 36.4 Å². The predicted molar refractivity (Wildman–Crippen MR) is 99.7 cm³/mol. The smallest absolute Gasteiger partial charge is 0.193 e. The summed E-state index contributed by atoms with van der Waals surface area (Å²) in [5, 5.41) is 3.07. The van der Waals surface area contributed by atoms with Crippen LogP contribution in [-0.4, -0.2) is 26.2 Å². The zero-order chi connectivity index (χ0) is 16.8. The standard InChI is InChI=1S/C19H22N4O/c1-24-18-7-3-2-6-17(18)22-19(20)21-14-15-8-10-16(11-9-15)23-12-4-5-13-23/h2-11H,12-14H2,1H3,(H3,20,21,22). The maximum absolute atomic E-state index is 5.97. The van der Waals surface area contributed by atoms with Gasteiger partial charge in [-0.2, -0.15) is 0 Å². The van der Waals surface area contributed by atoms with E-state index in [0.717, 1.165) is 30.1 Å². The Morgan fingerprint density at radius 2 is 1.83 bits per heavy atom. The summed E-state index contributed by atoms with van der Waals surface area (Å²) in [5.41, 5.74) is 9.13. The molecule has 2 aromatic carbocycles. The van der Waals surface area contributed by atoms with E-state index in [0.29, 0.717) is 12.5 Å². The number of hydrogen-bond donors (Lipinski definition) is 2. The number of nitrogens with one attached hydrogen (secondary N) is 1. The van der Waals surface area contributed by atoms with Crippen molar-refractivity contribution < 1.29 is 4.74 Å². The van der Waals surface area contributed by atoms with Crippen molar-refractivity contribution >= 4 is 17.3 Å². The van der Waals surface area contributed by atoms with E-state index in [1.54, 1.807) is 7.11 Å². The van der Waals surface area contributed by atoms with E-state index in [-0.39, 0.29) is 0 Å². The largest absolute Gasteiger partial charge is 0.495 e. The highest BCUT2D eigenvalue weighted by atomic mass is 16.5. The van der Waals surface area contributed by atoms with Crippen LogP contribution >= 0.6 is 0 Å². The molecule has 5 heteroatoms. The fourth-order valence-electron chi connectivity index (χ4n) is 2.60. The maximum atomic E-state index is 5.97. The van der Waals surface area contributed by atoms with E-state index < -0.39 is 0 Å². The van der Waals surface area contributed by atoms with Crippen LogP contribution in [0.1, 0.15) is 5.56 Å². The van der Waals surface area contributed by atoms with Crippen LogP contribution < -0.4 is 20.7 Å². The normalized spacial score (nSPS) is 14.0. The summed E-state index contributed by atoms with van der Waals surface area (Å²) in [5.74, 6) is 1.10. The lowest BCUT2D eigenvalue weighted by Crippen LogP contribution is -2.23. The van der Waals surface area contributed by atoms with Crippen molar-refractivity contribution in [3.8, 4) is 5.75 Å². The molecule has 0 atom stereocenters. The molecule has 0 aliphatic carbocycles. The van der Waals surface area contributed by atoms with Crippen molar-refractivity contribution in [3.05, 3.63) is 66.2 Å². The molecular weight excluding hydrogens is 300 g/mol. The van der Waals surface area contributed by atoms with Crippen LogP contribution in [0.3, 0.4) is 0 Å². The van der Waals surface area contributed by atoms with Gasteiger partial charge in [0.15, 0.2) is 5.96 Å². The highest BCUT2D eigenvalue weighted by molar-refractivity contribution is 5.93. The SMILES string of the molecule is COc1ccccc1NC(N)=NCc1ccc(N2CC=CC2)cc1. The van der Waals surface area contributed by atoms with Crippen molar-refractivity contribution in [2.24, 2.45) is 10.7 Å². The number of nitrogens with zero attached hydrogens (tertiary/aromatic N) is 2. The first-order chi connectivity index (χ1) is 11.8. The lowest BCUT2D eigenvalue weighted by atomic mass is 10.2. The van der Waals surface area contributed by atoms with E-state index in [1.807, 2.05) is 24.3 Å². The van der Waals surface area contributed by atoms with Crippen LogP contribution in [-0.2, 0) is 6.54 Å². The molecule has 0 aromatic heterocycles. The molecule has 0 unspecified atom stereocenters. The molecule has 0 fully saturated rings. The molecule has 5 nitrogen and oxygen atoms in total. The van der Waals surface area contributed by atoms with E-state index in [4.69, 9.17) is 10.5 Å². The van der Waals surface area contributed by atoms with E-state index in [2.05, 4.69) is 51.6 Å². The fraction of sp³-hybridized carbons (Fsp3) is 0.211. The Bertz CT molecular complexity index is 729. The summed E-state index contributed by atoms with van der Waals surface area (Å²) in [6.45, 7) is 2.49. The summed E-state index contributed by atoms with van der Waals surface area (Å²) in [6.07, 6.45) is 4.37. The van der Waals surface area contributed by atoms with Gasteiger partial charge in [-0.25, -0.2) is 4.99 Å². The summed E-state index contributed by atoms with van der Waals surface area (Å²) >= 11 is 0. The van der Waals surface area contributed by atoms with Crippen LogP contribution in [0, 0.1) is 0 Å². The van der Waals surface area contributed by atoms with Gasteiger partial charge in [-0.3, -0.25) is 0 Å². The minimum absolute atomic E-state index is 0.368. The molecule has 3 rings (SSSR count). The van der Waals surface area contributed by atoms with Crippen LogP contribution in [0.2, 0.25) is 0 Å². The second-order valence-corrected chi connectivity index (χ2v) is 5.57. The summed E-state index contributed by atoms with van der Waals surface area (Å²) in [7, 11) is 1.63. The Balaban J connectivity index is 1.60. The monoisotopic (exact) mass is 322 g/mol. The number of benzene rings is 2. The van der Waals surface area contributed by atoms with Crippen molar-refractivity contribution in [2.75, 3.05) is 30.4 Å². The molecule has 24 heavy (non-hydrogen) atoms. The number of nitrogens with two attached hydrogens (primary N) is 1. The third-order valence-corrected chi connectivity index (χ3v) is 3.92. The van der Waals surface area contributed by atoms with Crippen LogP contribution in [0.5, 0.6) is 5.75 Å². The molecule has 1 aliphatic rings. The van der Waals surface area contributed by atoms with Crippen molar-refractivity contribution in [1.29, 1.82) is 0 Å². The highest BCUT2D eigenvalue weighted by Gasteiger charge is 2.07. The van der Waals surface area contributed by atoms with Crippen LogP contribution in [0.4, 0.5) is 11.4 Å². The minimum Gasteiger partial charge on any atom is -0.495 e. The van der Waals surface area contributed by atoms with E-state index >= 15 is 0 Å². The first-order valence-electron chi connectivity index (χ1n) is 7.95. The Morgan fingerprint density at radius 3 is 2.54 bits per heavy atom. The van der Waals surface area contributed by atoms with Gasteiger partial charge >= 0.3 is 0 Å². The third-order valence-electron chi connectivity index (χ3n) is 3.92. The first kappa shape index (κ1) is 15.9. The first-order valence-corrected chi connectivity index (χ1v) is 7.95. The third kappa shape index (κ3) is 3.87. The van der Waals surface area contributed by atoms with Crippen LogP contribution in [0.15, 0.2) is 65.7 Å². The number of rotatable bonds is 5. The average Bonchev–Trinajstić information content (AvgIpc) is 3.15. The molecular formula is C19H22N4O. The molecule has 1 aliphatic heterocycles. The van der Waals surface area contributed by atoms with Gasteiger partial charge in [0, 0.05) is 18.8 Å².